The molecule has 0 spiro atoms. The average molecular weight is 301 g/mol. The number of carbonyl (C=O) groups is 1. The summed E-state index contributed by atoms with van der Waals surface area (Å²) in [5, 5.41) is 6.03. The van der Waals surface area contributed by atoms with Gasteiger partial charge in [-0.3, -0.25) is 4.79 Å². The highest BCUT2D eigenvalue weighted by Gasteiger charge is 2.22. The fourth-order valence-electron chi connectivity index (χ4n) is 1.98. The molecule has 2 rings (SSSR count). The molecule has 6 heteroatoms. The molecule has 2 N–H and O–H groups in total. The van der Waals surface area contributed by atoms with E-state index in [-0.39, 0.29) is 18.3 Å². The molecule has 1 aromatic carbocycles. The minimum Gasteiger partial charge on any atom is -0.494 e. The Balaban J connectivity index is 0.00000200. The molecule has 0 saturated carbocycles. The summed E-state index contributed by atoms with van der Waals surface area (Å²) in [6.07, 6.45) is -0.417. The average Bonchev–Trinajstić information content (AvgIpc) is 2.43. The largest absolute Gasteiger partial charge is 0.494 e. The summed E-state index contributed by atoms with van der Waals surface area (Å²) in [6.45, 7) is 6.44. The molecule has 5 nitrogen and oxygen atoms in total. The summed E-state index contributed by atoms with van der Waals surface area (Å²) in [5.41, 5.74) is 1.77. The van der Waals surface area contributed by atoms with Crippen LogP contribution in [0.2, 0.25) is 0 Å². The normalized spacial score (nSPS) is 18.0. The third kappa shape index (κ3) is 4.37. The molecule has 1 unspecified atom stereocenters. The van der Waals surface area contributed by atoms with Gasteiger partial charge in [0, 0.05) is 18.8 Å². The first-order valence-electron chi connectivity index (χ1n) is 6.57. The zero-order valence-corrected chi connectivity index (χ0v) is 12.6. The van der Waals surface area contributed by atoms with Gasteiger partial charge in [-0.2, -0.15) is 0 Å². The third-order valence-electron chi connectivity index (χ3n) is 2.99. The summed E-state index contributed by atoms with van der Waals surface area (Å²) in [7, 11) is 0. The van der Waals surface area contributed by atoms with Gasteiger partial charge in [0.2, 0.25) is 0 Å². The molecule has 1 aliphatic rings. The molecule has 0 aliphatic carbocycles. The van der Waals surface area contributed by atoms with E-state index in [1.165, 1.54) is 0 Å². The van der Waals surface area contributed by atoms with Crippen molar-refractivity contribution in [3.63, 3.8) is 0 Å². The van der Waals surface area contributed by atoms with E-state index in [0.29, 0.717) is 19.8 Å². The van der Waals surface area contributed by atoms with Crippen molar-refractivity contribution in [2.24, 2.45) is 0 Å². The van der Waals surface area contributed by atoms with E-state index in [1.807, 2.05) is 32.0 Å². The number of ether oxygens (including phenoxy) is 2. The number of aryl methyl sites for hydroxylation is 1. The van der Waals surface area contributed by atoms with Crippen LogP contribution in [0.5, 0.6) is 5.75 Å². The second kappa shape index (κ2) is 8.09. The van der Waals surface area contributed by atoms with Crippen LogP contribution in [0.15, 0.2) is 18.2 Å². The third-order valence-corrected chi connectivity index (χ3v) is 2.99. The van der Waals surface area contributed by atoms with Crippen LogP contribution < -0.4 is 15.4 Å². The van der Waals surface area contributed by atoms with Gasteiger partial charge in [0.25, 0.3) is 5.91 Å². The highest BCUT2D eigenvalue weighted by molar-refractivity contribution is 5.95. The molecular weight excluding hydrogens is 280 g/mol. The minimum atomic E-state index is -0.417. The molecule has 1 heterocycles. The second-order valence-corrected chi connectivity index (χ2v) is 4.46. The molecule has 1 aliphatic heterocycles. The predicted octanol–water partition coefficient (Wildman–Crippen LogP) is 1.74. The minimum absolute atomic E-state index is 0. The quantitative estimate of drug-likeness (QED) is 0.889. The van der Waals surface area contributed by atoms with Gasteiger partial charge in [0.1, 0.15) is 11.9 Å². The molecule has 20 heavy (non-hydrogen) atoms. The van der Waals surface area contributed by atoms with Crippen LogP contribution in [0.4, 0.5) is 5.69 Å². The Morgan fingerprint density at radius 2 is 2.35 bits per heavy atom. The van der Waals surface area contributed by atoms with E-state index < -0.39 is 6.10 Å². The van der Waals surface area contributed by atoms with Crippen LogP contribution >= 0.6 is 12.4 Å². The number of amides is 1. The number of carbonyl (C=O) groups excluding carboxylic acids is 1. The van der Waals surface area contributed by atoms with Crippen LogP contribution in [-0.4, -0.2) is 38.3 Å². The van der Waals surface area contributed by atoms with Gasteiger partial charge in [-0.25, -0.2) is 0 Å². The lowest BCUT2D eigenvalue weighted by Gasteiger charge is -2.23. The van der Waals surface area contributed by atoms with E-state index in [9.17, 15) is 4.79 Å². The van der Waals surface area contributed by atoms with Crippen molar-refractivity contribution in [2.45, 2.75) is 20.0 Å². The van der Waals surface area contributed by atoms with Crippen molar-refractivity contribution in [3.05, 3.63) is 23.8 Å². The predicted molar refractivity (Wildman–Crippen MR) is 80.8 cm³/mol. The Labute approximate surface area is 125 Å². The lowest BCUT2D eigenvalue weighted by atomic mass is 10.1. The molecule has 1 saturated heterocycles. The fourth-order valence-corrected chi connectivity index (χ4v) is 1.98. The smallest absolute Gasteiger partial charge is 0.254 e. The van der Waals surface area contributed by atoms with Crippen molar-refractivity contribution < 1.29 is 14.3 Å². The first-order chi connectivity index (χ1) is 9.20. The summed E-state index contributed by atoms with van der Waals surface area (Å²) in [5.74, 6) is 0.702. The Bertz CT molecular complexity index is 448. The number of nitrogens with one attached hydrogen (secondary N) is 2. The molecule has 1 amide bonds. The van der Waals surface area contributed by atoms with Gasteiger partial charge in [-0.15, -0.1) is 12.4 Å². The highest BCUT2D eigenvalue weighted by atomic mass is 35.5. The molecule has 1 atom stereocenters. The van der Waals surface area contributed by atoms with Gasteiger partial charge in [0.15, 0.2) is 0 Å². The van der Waals surface area contributed by atoms with Crippen LogP contribution in [0.25, 0.3) is 0 Å². The summed E-state index contributed by atoms with van der Waals surface area (Å²) in [6, 6.07) is 5.62. The summed E-state index contributed by atoms with van der Waals surface area (Å²) < 4.78 is 10.8. The fraction of sp³-hybridized carbons (Fsp3) is 0.500. The van der Waals surface area contributed by atoms with Crippen molar-refractivity contribution in [2.75, 3.05) is 31.6 Å². The zero-order valence-electron chi connectivity index (χ0n) is 11.8. The molecule has 1 fully saturated rings. The molecule has 0 aromatic heterocycles. The maximum absolute atomic E-state index is 12.0. The van der Waals surface area contributed by atoms with Crippen molar-refractivity contribution >= 4 is 24.0 Å². The lowest BCUT2D eigenvalue weighted by molar-refractivity contribution is -0.128. The molecular formula is C14H21ClN2O3. The van der Waals surface area contributed by atoms with Crippen molar-refractivity contribution in [3.8, 4) is 5.75 Å². The first kappa shape index (κ1) is 16.8. The van der Waals surface area contributed by atoms with Gasteiger partial charge in [0.05, 0.1) is 13.2 Å². The van der Waals surface area contributed by atoms with Gasteiger partial charge in [-0.1, -0.05) is 0 Å². The lowest BCUT2D eigenvalue weighted by Crippen LogP contribution is -2.45. The van der Waals surface area contributed by atoms with Gasteiger partial charge < -0.3 is 20.1 Å². The van der Waals surface area contributed by atoms with E-state index >= 15 is 0 Å². The Kier molecular flexibility index (Phi) is 6.78. The maximum atomic E-state index is 12.0. The SMILES string of the molecule is CCOc1ccc(NC(=O)C2CNCCO2)c(C)c1.Cl. The molecule has 1 aromatic rings. The van der Waals surface area contributed by atoms with Crippen LogP contribution in [-0.2, 0) is 9.53 Å². The molecule has 0 radical (unpaired) electrons. The second-order valence-electron chi connectivity index (χ2n) is 4.46. The van der Waals surface area contributed by atoms with E-state index in [2.05, 4.69) is 10.6 Å². The number of halogens is 1. The Morgan fingerprint density at radius 3 is 2.95 bits per heavy atom. The maximum Gasteiger partial charge on any atom is 0.254 e. The summed E-state index contributed by atoms with van der Waals surface area (Å²) >= 11 is 0. The van der Waals surface area contributed by atoms with Crippen molar-refractivity contribution in [1.29, 1.82) is 0 Å². The number of hydrogen-bond acceptors (Lipinski definition) is 4. The summed E-state index contributed by atoms with van der Waals surface area (Å²) in [4.78, 5) is 12.0. The van der Waals surface area contributed by atoms with Crippen molar-refractivity contribution in [1.82, 2.24) is 5.32 Å². The van der Waals surface area contributed by atoms with E-state index in [1.54, 1.807) is 0 Å². The van der Waals surface area contributed by atoms with Gasteiger partial charge in [-0.05, 0) is 37.6 Å². The van der Waals surface area contributed by atoms with Gasteiger partial charge >= 0.3 is 0 Å². The van der Waals surface area contributed by atoms with E-state index in [0.717, 1.165) is 23.5 Å². The number of morpholine rings is 1. The number of hydrogen-bond donors (Lipinski definition) is 2. The highest BCUT2D eigenvalue weighted by Crippen LogP contribution is 2.21. The standard InChI is InChI=1S/C14H20N2O3.ClH/c1-3-18-11-4-5-12(10(2)8-11)16-14(17)13-9-15-6-7-19-13;/h4-5,8,13,15H,3,6-7,9H2,1-2H3,(H,16,17);1H. The molecule has 0 bridgehead atoms. The zero-order chi connectivity index (χ0) is 13.7. The monoisotopic (exact) mass is 300 g/mol. The van der Waals surface area contributed by atoms with E-state index in [4.69, 9.17) is 9.47 Å². The number of rotatable bonds is 4. The topological polar surface area (TPSA) is 59.6 Å². The molecule has 112 valence electrons. The first-order valence-corrected chi connectivity index (χ1v) is 6.57. The number of anilines is 1. The Morgan fingerprint density at radius 1 is 1.55 bits per heavy atom. The Hall–Kier alpha value is -1.30. The van der Waals surface area contributed by atoms with Crippen LogP contribution in [0.3, 0.4) is 0 Å². The number of benzene rings is 1. The van der Waals surface area contributed by atoms with Crippen LogP contribution in [0, 0.1) is 6.92 Å². The van der Waals surface area contributed by atoms with Crippen LogP contribution in [0.1, 0.15) is 12.5 Å².